The molecule has 156 valence electrons. The Labute approximate surface area is 162 Å². The number of carbonyl (C=O) groups excluding carboxylic acids is 2. The molecular weight excluding hydrogens is 373 g/mol. The van der Waals surface area contributed by atoms with E-state index in [2.05, 4.69) is 13.0 Å². The smallest absolute Gasteiger partial charge is 0.459 e. The van der Waals surface area contributed by atoms with Gasteiger partial charge in [0.1, 0.15) is 11.7 Å². The van der Waals surface area contributed by atoms with Gasteiger partial charge in [-0.25, -0.2) is 4.79 Å². The standard InChI is InChI=1S/C21H27F3O4/c1-2-15-8-13-5-6-20(15,11-13)28-18(25)10-17(27-19(26)21(22,23)24)16-9-12-3-4-14(16)7-12/h3-4,12-17H,2,5-11H2,1H3. The van der Waals surface area contributed by atoms with Crippen LogP contribution in [0.2, 0.25) is 0 Å². The third kappa shape index (κ3) is 3.57. The van der Waals surface area contributed by atoms with Gasteiger partial charge in [-0.15, -0.1) is 0 Å². The van der Waals surface area contributed by atoms with Crippen LogP contribution in [0.5, 0.6) is 0 Å². The van der Waals surface area contributed by atoms with Gasteiger partial charge in [-0.3, -0.25) is 4.79 Å². The second kappa shape index (κ2) is 7.06. The fourth-order valence-corrected chi connectivity index (χ4v) is 6.21. The summed E-state index contributed by atoms with van der Waals surface area (Å²) in [6.07, 6.45) is 3.77. The minimum absolute atomic E-state index is 0.0627. The molecule has 0 N–H and O–H groups in total. The normalized spacial score (nSPS) is 39.4. The van der Waals surface area contributed by atoms with E-state index in [0.29, 0.717) is 24.2 Å². The average Bonchev–Trinajstić information content (AvgIpc) is 3.39. The van der Waals surface area contributed by atoms with E-state index in [1.54, 1.807) is 0 Å². The van der Waals surface area contributed by atoms with E-state index in [1.807, 2.05) is 6.08 Å². The molecule has 3 saturated carbocycles. The lowest BCUT2D eigenvalue weighted by molar-refractivity contribution is -0.209. The van der Waals surface area contributed by atoms with E-state index in [9.17, 15) is 22.8 Å². The average molecular weight is 400 g/mol. The Kier molecular flexibility index (Phi) is 4.99. The highest BCUT2D eigenvalue weighted by molar-refractivity contribution is 5.77. The van der Waals surface area contributed by atoms with Crippen molar-refractivity contribution < 1.29 is 32.2 Å². The molecule has 4 nitrogen and oxygen atoms in total. The molecule has 0 amide bonds. The van der Waals surface area contributed by atoms with E-state index in [-0.39, 0.29) is 18.3 Å². The van der Waals surface area contributed by atoms with Crippen LogP contribution in [0.1, 0.15) is 58.3 Å². The number of fused-ring (bicyclic) bond motifs is 4. The first-order chi connectivity index (χ1) is 13.2. The summed E-state index contributed by atoms with van der Waals surface area (Å²) in [5, 5.41) is 0. The van der Waals surface area contributed by atoms with Crippen molar-refractivity contribution in [3.8, 4) is 0 Å². The van der Waals surface area contributed by atoms with Gasteiger partial charge in [-0.1, -0.05) is 19.1 Å². The first-order valence-corrected chi connectivity index (χ1v) is 10.4. The maximum atomic E-state index is 12.8. The first kappa shape index (κ1) is 19.8. The van der Waals surface area contributed by atoms with Crippen molar-refractivity contribution in [1.29, 1.82) is 0 Å². The summed E-state index contributed by atoms with van der Waals surface area (Å²) < 4.78 is 49.0. The van der Waals surface area contributed by atoms with Gasteiger partial charge in [0.05, 0.1) is 6.42 Å². The Morgan fingerprint density at radius 1 is 1.21 bits per heavy atom. The molecule has 0 radical (unpaired) electrons. The van der Waals surface area contributed by atoms with Gasteiger partial charge in [0.15, 0.2) is 0 Å². The van der Waals surface area contributed by atoms with E-state index >= 15 is 0 Å². The van der Waals surface area contributed by atoms with Gasteiger partial charge in [0, 0.05) is 5.92 Å². The monoisotopic (exact) mass is 400 g/mol. The molecule has 3 fully saturated rings. The highest BCUT2D eigenvalue weighted by atomic mass is 19.4. The van der Waals surface area contributed by atoms with Gasteiger partial charge in [0.25, 0.3) is 0 Å². The summed E-state index contributed by atoms with van der Waals surface area (Å²) in [6.45, 7) is 2.08. The van der Waals surface area contributed by atoms with Crippen LogP contribution in [-0.2, 0) is 19.1 Å². The molecule has 0 aromatic rings. The van der Waals surface area contributed by atoms with E-state index < -0.39 is 29.8 Å². The third-order valence-corrected chi connectivity index (χ3v) is 7.45. The molecule has 0 aromatic heterocycles. The lowest BCUT2D eigenvalue weighted by Crippen LogP contribution is -2.41. The summed E-state index contributed by atoms with van der Waals surface area (Å²) in [4.78, 5) is 24.2. The Morgan fingerprint density at radius 2 is 2.00 bits per heavy atom. The van der Waals surface area contributed by atoms with Crippen molar-refractivity contribution in [1.82, 2.24) is 0 Å². The zero-order valence-electron chi connectivity index (χ0n) is 16.0. The largest absolute Gasteiger partial charge is 0.490 e. The van der Waals surface area contributed by atoms with Crippen molar-refractivity contribution in [3.05, 3.63) is 12.2 Å². The van der Waals surface area contributed by atoms with Crippen LogP contribution < -0.4 is 0 Å². The molecule has 0 heterocycles. The molecule has 7 heteroatoms. The molecule has 28 heavy (non-hydrogen) atoms. The number of rotatable bonds is 6. The van der Waals surface area contributed by atoms with Crippen LogP contribution in [-0.4, -0.2) is 29.8 Å². The van der Waals surface area contributed by atoms with Crippen molar-refractivity contribution in [2.24, 2.45) is 29.6 Å². The van der Waals surface area contributed by atoms with E-state index in [0.717, 1.165) is 38.5 Å². The van der Waals surface area contributed by atoms with Gasteiger partial charge in [-0.05, 0) is 68.6 Å². The van der Waals surface area contributed by atoms with E-state index in [4.69, 9.17) is 9.47 Å². The van der Waals surface area contributed by atoms with Crippen LogP contribution in [0.25, 0.3) is 0 Å². The Balaban J connectivity index is 1.45. The topological polar surface area (TPSA) is 52.6 Å². The van der Waals surface area contributed by atoms with Gasteiger partial charge in [0.2, 0.25) is 0 Å². The summed E-state index contributed by atoms with van der Waals surface area (Å²) in [5.74, 6) is -1.76. The lowest BCUT2D eigenvalue weighted by atomic mass is 9.83. The first-order valence-electron chi connectivity index (χ1n) is 10.4. The quantitative estimate of drug-likeness (QED) is 0.484. The minimum Gasteiger partial charge on any atom is -0.459 e. The lowest BCUT2D eigenvalue weighted by Gasteiger charge is -2.35. The number of hydrogen-bond donors (Lipinski definition) is 0. The molecule has 7 atom stereocenters. The molecule has 4 aliphatic rings. The van der Waals surface area contributed by atoms with Crippen LogP contribution in [0.4, 0.5) is 13.2 Å². The molecule has 0 spiro atoms. The Bertz CT molecular complexity index is 673. The number of halogens is 3. The fourth-order valence-electron chi connectivity index (χ4n) is 6.21. The molecule has 0 aliphatic heterocycles. The highest BCUT2D eigenvalue weighted by Gasteiger charge is 2.54. The van der Waals surface area contributed by atoms with Crippen LogP contribution in [0.3, 0.4) is 0 Å². The maximum absolute atomic E-state index is 12.8. The number of esters is 2. The van der Waals surface area contributed by atoms with Gasteiger partial charge in [-0.2, -0.15) is 13.2 Å². The zero-order chi connectivity index (χ0) is 20.1. The van der Waals surface area contributed by atoms with Crippen molar-refractivity contribution in [3.63, 3.8) is 0 Å². The van der Waals surface area contributed by atoms with Gasteiger partial charge >= 0.3 is 18.1 Å². The number of carbonyl (C=O) groups is 2. The van der Waals surface area contributed by atoms with Gasteiger partial charge < -0.3 is 9.47 Å². The van der Waals surface area contributed by atoms with Crippen molar-refractivity contribution in [2.45, 2.75) is 76.2 Å². The second-order valence-electron chi connectivity index (χ2n) is 9.08. The van der Waals surface area contributed by atoms with Crippen molar-refractivity contribution >= 4 is 11.9 Å². The molecule has 4 bridgehead atoms. The summed E-state index contributed by atoms with van der Waals surface area (Å²) in [6, 6.07) is 0. The summed E-state index contributed by atoms with van der Waals surface area (Å²) in [5.41, 5.74) is -0.469. The van der Waals surface area contributed by atoms with Crippen LogP contribution in [0.15, 0.2) is 12.2 Å². The predicted octanol–water partition coefficient (Wildman–Crippen LogP) is 4.57. The number of hydrogen-bond acceptors (Lipinski definition) is 4. The highest BCUT2D eigenvalue weighted by Crippen LogP contribution is 2.55. The maximum Gasteiger partial charge on any atom is 0.490 e. The van der Waals surface area contributed by atoms with Crippen LogP contribution >= 0.6 is 0 Å². The molecule has 0 saturated heterocycles. The molecule has 0 aromatic carbocycles. The SMILES string of the molecule is CCC1CC2CCC1(OC(=O)CC(OC(=O)C(F)(F)F)C1CC3C=CC1C3)C2. The molecule has 4 aliphatic carbocycles. The predicted molar refractivity (Wildman–Crippen MR) is 94.0 cm³/mol. The third-order valence-electron chi connectivity index (χ3n) is 7.45. The fraction of sp³-hybridized carbons (Fsp3) is 0.810. The number of ether oxygens (including phenoxy) is 2. The molecule has 4 rings (SSSR count). The Morgan fingerprint density at radius 3 is 2.57 bits per heavy atom. The summed E-state index contributed by atoms with van der Waals surface area (Å²) in [7, 11) is 0. The summed E-state index contributed by atoms with van der Waals surface area (Å²) >= 11 is 0. The van der Waals surface area contributed by atoms with Crippen molar-refractivity contribution in [2.75, 3.05) is 0 Å². The molecular formula is C21H27F3O4. The minimum atomic E-state index is -5.06. The Hall–Kier alpha value is -1.53. The van der Waals surface area contributed by atoms with Crippen LogP contribution in [0, 0.1) is 29.6 Å². The zero-order valence-corrected chi connectivity index (χ0v) is 16.0. The molecule has 7 unspecified atom stereocenters. The van der Waals surface area contributed by atoms with E-state index in [1.165, 1.54) is 0 Å². The number of alkyl halides is 3. The number of allylic oxidation sites excluding steroid dienone is 2. The second-order valence-corrected chi connectivity index (χ2v) is 9.08.